The van der Waals surface area contributed by atoms with E-state index in [1.54, 1.807) is 13.3 Å². The highest BCUT2D eigenvalue weighted by Gasteiger charge is 2.06. The Kier molecular flexibility index (Phi) is 2.99. The first-order valence-corrected chi connectivity index (χ1v) is 6.32. The lowest BCUT2D eigenvalue weighted by atomic mass is 10.1. The average molecular weight is 266 g/mol. The van der Waals surface area contributed by atoms with Crippen LogP contribution in [0.15, 0.2) is 47.4 Å². The van der Waals surface area contributed by atoms with Gasteiger partial charge in [-0.25, -0.2) is 0 Å². The molecule has 0 spiro atoms. The summed E-state index contributed by atoms with van der Waals surface area (Å²) in [6.45, 7) is 1.99. The van der Waals surface area contributed by atoms with Crippen molar-refractivity contribution in [3.05, 3.63) is 58.5 Å². The van der Waals surface area contributed by atoms with E-state index in [9.17, 15) is 4.79 Å². The van der Waals surface area contributed by atoms with Crippen molar-refractivity contribution in [2.45, 2.75) is 6.92 Å². The van der Waals surface area contributed by atoms with Crippen molar-refractivity contribution < 1.29 is 4.74 Å². The van der Waals surface area contributed by atoms with E-state index in [1.165, 1.54) is 0 Å². The van der Waals surface area contributed by atoms with Gasteiger partial charge in [0.2, 0.25) is 0 Å². The van der Waals surface area contributed by atoms with Gasteiger partial charge >= 0.3 is 0 Å². The Morgan fingerprint density at radius 2 is 2.00 bits per heavy atom. The predicted molar refractivity (Wildman–Crippen MR) is 79.1 cm³/mol. The lowest BCUT2D eigenvalue weighted by molar-refractivity contribution is 0.413. The third kappa shape index (κ3) is 2.05. The van der Waals surface area contributed by atoms with Gasteiger partial charge in [-0.05, 0) is 42.1 Å². The van der Waals surface area contributed by atoms with E-state index < -0.39 is 0 Å². The SMILES string of the molecule is COc1ccc(-c2cc3c(C)cccc3c(=O)[nH]2)nc1. The largest absolute Gasteiger partial charge is 0.495 e. The van der Waals surface area contributed by atoms with Crippen LogP contribution in [0.5, 0.6) is 5.75 Å². The van der Waals surface area contributed by atoms with Crippen LogP contribution >= 0.6 is 0 Å². The second-order valence-electron chi connectivity index (χ2n) is 4.63. The first-order chi connectivity index (χ1) is 9.69. The molecule has 1 N–H and O–H groups in total. The zero-order valence-corrected chi connectivity index (χ0v) is 11.3. The molecule has 4 nitrogen and oxygen atoms in total. The van der Waals surface area contributed by atoms with E-state index in [1.807, 2.05) is 43.3 Å². The first kappa shape index (κ1) is 12.4. The summed E-state index contributed by atoms with van der Waals surface area (Å²) in [5.74, 6) is 0.688. The molecule has 4 heteroatoms. The van der Waals surface area contributed by atoms with Crippen molar-refractivity contribution in [3.8, 4) is 17.1 Å². The Morgan fingerprint density at radius 1 is 1.15 bits per heavy atom. The Balaban J connectivity index is 2.21. The van der Waals surface area contributed by atoms with Crippen LogP contribution in [0.1, 0.15) is 5.56 Å². The van der Waals surface area contributed by atoms with Crippen molar-refractivity contribution in [2.24, 2.45) is 0 Å². The molecule has 0 aliphatic heterocycles. The van der Waals surface area contributed by atoms with Gasteiger partial charge < -0.3 is 9.72 Å². The van der Waals surface area contributed by atoms with Crippen molar-refractivity contribution >= 4 is 10.8 Å². The van der Waals surface area contributed by atoms with E-state index in [2.05, 4.69) is 9.97 Å². The molecule has 0 saturated carbocycles. The Morgan fingerprint density at radius 3 is 2.70 bits per heavy atom. The van der Waals surface area contributed by atoms with Crippen molar-refractivity contribution in [3.63, 3.8) is 0 Å². The fourth-order valence-electron chi connectivity index (χ4n) is 2.24. The summed E-state index contributed by atoms with van der Waals surface area (Å²) in [4.78, 5) is 19.3. The van der Waals surface area contributed by atoms with Crippen LogP contribution in [0.4, 0.5) is 0 Å². The van der Waals surface area contributed by atoms with Crippen molar-refractivity contribution in [2.75, 3.05) is 7.11 Å². The zero-order chi connectivity index (χ0) is 14.1. The van der Waals surface area contributed by atoms with E-state index in [4.69, 9.17) is 4.74 Å². The average Bonchev–Trinajstić information content (AvgIpc) is 2.48. The number of methoxy groups -OCH3 is 1. The molecule has 20 heavy (non-hydrogen) atoms. The number of hydrogen-bond acceptors (Lipinski definition) is 3. The minimum atomic E-state index is -0.0983. The molecule has 1 aromatic carbocycles. The van der Waals surface area contributed by atoms with Crippen LogP contribution in [-0.4, -0.2) is 17.1 Å². The number of H-pyrrole nitrogens is 1. The molecule has 0 aliphatic rings. The summed E-state index contributed by atoms with van der Waals surface area (Å²) in [5, 5.41) is 1.64. The number of aryl methyl sites for hydroxylation is 1. The molecule has 0 atom stereocenters. The standard InChI is InChI=1S/C16H14N2O2/c1-10-4-3-5-12-13(10)8-15(18-16(12)19)14-7-6-11(20-2)9-17-14/h3-9H,1-2H3,(H,18,19). The summed E-state index contributed by atoms with van der Waals surface area (Å²) >= 11 is 0. The minimum Gasteiger partial charge on any atom is -0.495 e. The molecule has 0 radical (unpaired) electrons. The van der Waals surface area contributed by atoms with Gasteiger partial charge in [0.05, 0.1) is 24.7 Å². The molecule has 2 heterocycles. The number of hydrogen-bond donors (Lipinski definition) is 1. The van der Waals surface area contributed by atoms with Gasteiger partial charge in [-0.1, -0.05) is 12.1 Å². The zero-order valence-electron chi connectivity index (χ0n) is 11.3. The summed E-state index contributed by atoms with van der Waals surface area (Å²) < 4.78 is 5.08. The number of fused-ring (bicyclic) bond motifs is 1. The number of nitrogens with zero attached hydrogens (tertiary/aromatic N) is 1. The molecule has 0 fully saturated rings. The third-order valence-electron chi connectivity index (χ3n) is 3.35. The molecule has 3 aromatic rings. The third-order valence-corrected chi connectivity index (χ3v) is 3.35. The quantitative estimate of drug-likeness (QED) is 0.776. The lowest BCUT2D eigenvalue weighted by Gasteiger charge is -2.06. The van der Waals surface area contributed by atoms with Crippen LogP contribution in [0, 0.1) is 6.92 Å². The maximum Gasteiger partial charge on any atom is 0.256 e. The van der Waals surface area contributed by atoms with Crippen LogP contribution in [-0.2, 0) is 0 Å². The highest BCUT2D eigenvalue weighted by molar-refractivity contribution is 5.87. The Hall–Kier alpha value is -2.62. The molecule has 3 rings (SSSR count). The first-order valence-electron chi connectivity index (χ1n) is 6.32. The van der Waals surface area contributed by atoms with Crippen LogP contribution in [0.25, 0.3) is 22.2 Å². The van der Waals surface area contributed by atoms with Gasteiger partial charge in [-0.2, -0.15) is 0 Å². The van der Waals surface area contributed by atoms with Gasteiger partial charge in [0, 0.05) is 5.39 Å². The highest BCUT2D eigenvalue weighted by Crippen LogP contribution is 2.21. The Labute approximate surface area is 116 Å². The molecule has 0 bridgehead atoms. The fraction of sp³-hybridized carbons (Fsp3) is 0.125. The molecule has 0 amide bonds. The second kappa shape index (κ2) is 4.81. The molecular formula is C16H14N2O2. The van der Waals surface area contributed by atoms with E-state index in [-0.39, 0.29) is 5.56 Å². The van der Waals surface area contributed by atoms with E-state index in [0.717, 1.165) is 10.9 Å². The van der Waals surface area contributed by atoms with Crippen molar-refractivity contribution in [1.29, 1.82) is 0 Å². The Bertz CT molecular complexity index is 820. The van der Waals surface area contributed by atoms with Gasteiger partial charge in [0.15, 0.2) is 0 Å². The van der Waals surface area contributed by atoms with Gasteiger partial charge in [0.1, 0.15) is 5.75 Å². The van der Waals surface area contributed by atoms with Gasteiger partial charge in [-0.15, -0.1) is 0 Å². The number of pyridine rings is 2. The molecule has 2 aromatic heterocycles. The van der Waals surface area contributed by atoms with Gasteiger partial charge in [0.25, 0.3) is 5.56 Å². The van der Waals surface area contributed by atoms with Crippen LogP contribution in [0.3, 0.4) is 0 Å². The number of nitrogens with one attached hydrogen (secondary N) is 1. The van der Waals surface area contributed by atoms with Crippen molar-refractivity contribution in [1.82, 2.24) is 9.97 Å². The summed E-state index contributed by atoms with van der Waals surface area (Å²) in [6, 6.07) is 11.3. The number of rotatable bonds is 2. The van der Waals surface area contributed by atoms with Gasteiger partial charge in [-0.3, -0.25) is 9.78 Å². The molecule has 0 saturated heterocycles. The molecule has 0 aliphatic carbocycles. The predicted octanol–water partition coefficient (Wildman–Crippen LogP) is 2.91. The molecule has 100 valence electrons. The highest BCUT2D eigenvalue weighted by atomic mass is 16.5. The normalized spacial score (nSPS) is 10.7. The summed E-state index contributed by atoms with van der Waals surface area (Å²) in [6.07, 6.45) is 1.63. The minimum absolute atomic E-state index is 0.0983. The smallest absolute Gasteiger partial charge is 0.256 e. The molecule has 0 unspecified atom stereocenters. The number of aromatic amines is 1. The van der Waals surface area contributed by atoms with E-state index in [0.29, 0.717) is 22.5 Å². The topological polar surface area (TPSA) is 55.0 Å². The number of ether oxygens (including phenoxy) is 1. The maximum atomic E-state index is 12.1. The molecular weight excluding hydrogens is 252 g/mol. The second-order valence-corrected chi connectivity index (χ2v) is 4.63. The fourth-order valence-corrected chi connectivity index (χ4v) is 2.24. The number of aromatic nitrogens is 2. The van der Waals surface area contributed by atoms with Crippen LogP contribution in [0.2, 0.25) is 0 Å². The lowest BCUT2D eigenvalue weighted by Crippen LogP contribution is -2.08. The number of benzene rings is 1. The van der Waals surface area contributed by atoms with Crippen LogP contribution < -0.4 is 10.3 Å². The summed E-state index contributed by atoms with van der Waals surface area (Å²) in [7, 11) is 1.60. The monoisotopic (exact) mass is 266 g/mol. The van der Waals surface area contributed by atoms with E-state index >= 15 is 0 Å². The maximum absolute atomic E-state index is 12.1. The summed E-state index contributed by atoms with van der Waals surface area (Å²) in [5.41, 5.74) is 2.40.